The predicted octanol–water partition coefficient (Wildman–Crippen LogP) is 1.97. The summed E-state index contributed by atoms with van der Waals surface area (Å²) in [5.74, 6) is 0.518. The lowest BCUT2D eigenvalue weighted by atomic mass is 10.1. The Bertz CT molecular complexity index is 664. The highest BCUT2D eigenvalue weighted by atomic mass is 127. The fraction of sp³-hybridized carbons (Fsp3) is 0.533. The maximum atomic E-state index is 12.5. The number of hydrogen-bond acceptors (Lipinski definition) is 3. The molecule has 0 radical (unpaired) electrons. The van der Waals surface area contributed by atoms with Crippen molar-refractivity contribution < 1.29 is 21.6 Å². The molecule has 0 unspecified atom stereocenters. The van der Waals surface area contributed by atoms with Crippen molar-refractivity contribution in [3.05, 3.63) is 35.4 Å². The fourth-order valence-electron chi connectivity index (χ4n) is 1.93. The zero-order chi connectivity index (χ0) is 18.9. The first-order chi connectivity index (χ1) is 11.6. The number of benzene rings is 1. The Balaban J connectivity index is 0.00000625. The molecular weight excluding hydrogens is 484 g/mol. The second-order valence-corrected chi connectivity index (χ2v) is 7.13. The maximum absolute atomic E-state index is 12.5. The van der Waals surface area contributed by atoms with Crippen LogP contribution in [0, 0.1) is 0 Å². The van der Waals surface area contributed by atoms with Crippen molar-refractivity contribution in [1.82, 2.24) is 15.4 Å². The monoisotopic (exact) mass is 508 g/mol. The van der Waals surface area contributed by atoms with Gasteiger partial charge in [0, 0.05) is 19.6 Å². The van der Waals surface area contributed by atoms with Crippen LogP contribution in [0.3, 0.4) is 0 Å². The van der Waals surface area contributed by atoms with Crippen LogP contribution in [-0.4, -0.2) is 46.8 Å². The van der Waals surface area contributed by atoms with E-state index in [1.54, 1.807) is 0 Å². The highest BCUT2D eigenvalue weighted by Gasteiger charge is 2.29. The van der Waals surface area contributed by atoms with Crippen LogP contribution in [0.1, 0.15) is 18.1 Å². The van der Waals surface area contributed by atoms with E-state index in [-0.39, 0.29) is 37.1 Å². The Morgan fingerprint density at radius 1 is 1.12 bits per heavy atom. The van der Waals surface area contributed by atoms with Gasteiger partial charge in [-0.15, -0.1) is 24.0 Å². The van der Waals surface area contributed by atoms with Crippen molar-refractivity contribution in [2.24, 2.45) is 4.99 Å². The molecule has 0 saturated carbocycles. The van der Waals surface area contributed by atoms with E-state index in [9.17, 15) is 21.6 Å². The van der Waals surface area contributed by atoms with E-state index in [0.29, 0.717) is 25.5 Å². The quantitative estimate of drug-likeness (QED) is 0.217. The molecule has 0 bridgehead atoms. The molecule has 0 amide bonds. The molecule has 0 aliphatic rings. The molecule has 11 heteroatoms. The lowest BCUT2D eigenvalue weighted by Crippen LogP contribution is -2.39. The van der Waals surface area contributed by atoms with Gasteiger partial charge in [0.2, 0.25) is 10.0 Å². The van der Waals surface area contributed by atoms with Crippen molar-refractivity contribution in [3.8, 4) is 0 Å². The SMILES string of the molecule is CCNC(=NCCNS(C)(=O)=O)NCCc1ccc(C(F)(F)F)cc1.I. The Labute approximate surface area is 169 Å². The molecule has 6 nitrogen and oxygen atoms in total. The van der Waals surface area contributed by atoms with Crippen LogP contribution < -0.4 is 15.4 Å². The molecule has 26 heavy (non-hydrogen) atoms. The van der Waals surface area contributed by atoms with Gasteiger partial charge >= 0.3 is 6.18 Å². The Hall–Kier alpha value is -1.08. The van der Waals surface area contributed by atoms with Crippen LogP contribution in [-0.2, 0) is 22.6 Å². The maximum Gasteiger partial charge on any atom is 0.416 e. The first kappa shape index (κ1) is 24.9. The Kier molecular flexibility index (Phi) is 11.1. The van der Waals surface area contributed by atoms with Crippen molar-refractivity contribution in [2.45, 2.75) is 19.5 Å². The van der Waals surface area contributed by atoms with Gasteiger partial charge in [-0.25, -0.2) is 13.1 Å². The van der Waals surface area contributed by atoms with Crippen LogP contribution in [0.25, 0.3) is 0 Å². The minimum atomic E-state index is -4.33. The summed E-state index contributed by atoms with van der Waals surface area (Å²) in [6.07, 6.45) is -2.73. The number of halogens is 4. The molecule has 0 atom stereocenters. The van der Waals surface area contributed by atoms with Crippen molar-refractivity contribution in [3.63, 3.8) is 0 Å². The Morgan fingerprint density at radius 3 is 2.23 bits per heavy atom. The molecule has 0 saturated heterocycles. The van der Waals surface area contributed by atoms with Crippen molar-refractivity contribution >= 4 is 40.0 Å². The van der Waals surface area contributed by atoms with Gasteiger partial charge < -0.3 is 10.6 Å². The molecule has 0 fully saturated rings. The summed E-state index contributed by atoms with van der Waals surface area (Å²) >= 11 is 0. The van der Waals surface area contributed by atoms with E-state index >= 15 is 0 Å². The first-order valence-electron chi connectivity index (χ1n) is 7.75. The van der Waals surface area contributed by atoms with E-state index in [1.165, 1.54) is 12.1 Å². The highest BCUT2D eigenvalue weighted by molar-refractivity contribution is 14.0. The molecule has 0 aliphatic carbocycles. The second-order valence-electron chi connectivity index (χ2n) is 5.30. The number of aliphatic imine (C=N–C) groups is 1. The first-order valence-corrected chi connectivity index (χ1v) is 9.64. The third-order valence-electron chi connectivity index (χ3n) is 3.08. The van der Waals surface area contributed by atoms with Crippen LogP contribution in [0.4, 0.5) is 13.2 Å². The number of hydrogen-bond donors (Lipinski definition) is 3. The van der Waals surface area contributed by atoms with Gasteiger partial charge in [-0.1, -0.05) is 12.1 Å². The van der Waals surface area contributed by atoms with E-state index in [1.807, 2.05) is 6.92 Å². The number of nitrogens with one attached hydrogen (secondary N) is 3. The van der Waals surface area contributed by atoms with E-state index < -0.39 is 21.8 Å². The highest BCUT2D eigenvalue weighted by Crippen LogP contribution is 2.29. The molecular formula is C15H24F3IN4O2S. The van der Waals surface area contributed by atoms with Gasteiger partial charge in [0.1, 0.15) is 0 Å². The smallest absolute Gasteiger partial charge is 0.357 e. The largest absolute Gasteiger partial charge is 0.416 e. The van der Waals surface area contributed by atoms with E-state index in [2.05, 4.69) is 20.3 Å². The van der Waals surface area contributed by atoms with Crippen LogP contribution in [0.15, 0.2) is 29.3 Å². The fourth-order valence-corrected chi connectivity index (χ4v) is 2.39. The molecule has 0 aromatic heterocycles. The average molecular weight is 508 g/mol. The van der Waals surface area contributed by atoms with Gasteiger partial charge in [-0.3, -0.25) is 4.99 Å². The molecule has 0 aliphatic heterocycles. The van der Waals surface area contributed by atoms with Gasteiger partial charge in [-0.05, 0) is 31.0 Å². The van der Waals surface area contributed by atoms with Gasteiger partial charge in [-0.2, -0.15) is 13.2 Å². The normalized spacial score (nSPS) is 12.4. The van der Waals surface area contributed by atoms with E-state index in [0.717, 1.165) is 24.0 Å². The van der Waals surface area contributed by atoms with E-state index in [4.69, 9.17) is 0 Å². The number of rotatable bonds is 8. The molecule has 150 valence electrons. The molecule has 1 aromatic rings. The summed E-state index contributed by atoms with van der Waals surface area (Å²) in [5, 5.41) is 6.06. The zero-order valence-electron chi connectivity index (χ0n) is 14.6. The Morgan fingerprint density at radius 2 is 1.73 bits per heavy atom. The standard InChI is InChI=1S/C15H23F3N4O2S.HI/c1-3-19-14(21-10-11-22-25(2,23)24)20-9-8-12-4-6-13(7-5-12)15(16,17)18;/h4-7,22H,3,8-11H2,1-2H3,(H2,19,20,21);1H. The van der Waals surface area contributed by atoms with Gasteiger partial charge in [0.05, 0.1) is 18.4 Å². The molecule has 0 spiro atoms. The minimum Gasteiger partial charge on any atom is -0.357 e. The van der Waals surface area contributed by atoms with Crippen molar-refractivity contribution in [2.75, 3.05) is 32.4 Å². The third-order valence-corrected chi connectivity index (χ3v) is 3.81. The molecule has 1 aromatic carbocycles. The summed E-state index contributed by atoms with van der Waals surface area (Å²) in [6.45, 7) is 3.46. The van der Waals surface area contributed by atoms with Crippen LogP contribution >= 0.6 is 24.0 Å². The summed E-state index contributed by atoms with van der Waals surface area (Å²) in [5.41, 5.74) is 0.104. The third kappa shape index (κ3) is 10.8. The number of alkyl halides is 3. The summed E-state index contributed by atoms with van der Waals surface area (Å²) < 4.78 is 61.8. The zero-order valence-corrected chi connectivity index (χ0v) is 17.7. The summed E-state index contributed by atoms with van der Waals surface area (Å²) in [4.78, 5) is 4.21. The van der Waals surface area contributed by atoms with Gasteiger partial charge in [0.25, 0.3) is 0 Å². The second kappa shape index (κ2) is 11.6. The predicted molar refractivity (Wildman–Crippen MR) is 107 cm³/mol. The summed E-state index contributed by atoms with van der Waals surface area (Å²) in [7, 11) is -3.24. The van der Waals surface area contributed by atoms with Crippen LogP contribution in [0.5, 0.6) is 0 Å². The lowest BCUT2D eigenvalue weighted by Gasteiger charge is -2.12. The van der Waals surface area contributed by atoms with Gasteiger partial charge in [0.15, 0.2) is 5.96 Å². The molecule has 3 N–H and O–H groups in total. The molecule has 0 heterocycles. The molecule has 1 rings (SSSR count). The summed E-state index contributed by atoms with van der Waals surface area (Å²) in [6, 6.07) is 5.02. The average Bonchev–Trinajstić information content (AvgIpc) is 2.50. The number of sulfonamides is 1. The van der Waals surface area contributed by atoms with Crippen LogP contribution in [0.2, 0.25) is 0 Å². The minimum absolute atomic E-state index is 0. The number of guanidine groups is 1. The number of nitrogens with zero attached hydrogens (tertiary/aromatic N) is 1. The van der Waals surface area contributed by atoms with Crippen molar-refractivity contribution in [1.29, 1.82) is 0 Å². The topological polar surface area (TPSA) is 82.6 Å². The lowest BCUT2D eigenvalue weighted by molar-refractivity contribution is -0.137.